The summed E-state index contributed by atoms with van der Waals surface area (Å²) in [6.07, 6.45) is 4.08. The molecule has 0 spiro atoms. The lowest BCUT2D eigenvalue weighted by Gasteiger charge is -2.44. The van der Waals surface area contributed by atoms with E-state index >= 15 is 0 Å². The fourth-order valence-electron chi connectivity index (χ4n) is 5.35. The minimum absolute atomic E-state index is 0.0000208. The number of hydrogen-bond donors (Lipinski definition) is 1. The first-order valence-electron chi connectivity index (χ1n) is 11.7. The Morgan fingerprint density at radius 2 is 1.80 bits per heavy atom. The van der Waals surface area contributed by atoms with E-state index in [4.69, 9.17) is 21.1 Å². The van der Waals surface area contributed by atoms with Crippen molar-refractivity contribution in [3.8, 4) is 11.5 Å². The van der Waals surface area contributed by atoms with Gasteiger partial charge in [-0.2, -0.15) is 0 Å². The van der Waals surface area contributed by atoms with Crippen LogP contribution in [0.3, 0.4) is 0 Å². The minimum Gasteiger partial charge on any atom is -0.495 e. The third kappa shape index (κ3) is 4.28. The number of nitrogens with zero attached hydrogens (tertiary/aromatic N) is 1. The monoisotopic (exact) mass is 510 g/mol. The molecule has 182 valence electrons. The number of carbonyl (C=O) groups is 2. The van der Waals surface area contributed by atoms with Crippen molar-refractivity contribution >= 4 is 40.4 Å². The van der Waals surface area contributed by atoms with E-state index in [-0.39, 0.29) is 23.9 Å². The molecule has 0 unspecified atom stereocenters. The van der Waals surface area contributed by atoms with Crippen molar-refractivity contribution in [2.75, 3.05) is 19.5 Å². The number of ether oxygens (including phenoxy) is 2. The molecular weight excluding hydrogens is 484 g/mol. The van der Waals surface area contributed by atoms with Gasteiger partial charge in [0.05, 0.1) is 36.9 Å². The minimum atomic E-state index is -0.589. The molecule has 35 heavy (non-hydrogen) atoms. The average Bonchev–Trinajstić information content (AvgIpc) is 3.59. The van der Waals surface area contributed by atoms with Crippen molar-refractivity contribution < 1.29 is 19.1 Å². The number of hydrogen-bond acceptors (Lipinski definition) is 5. The highest BCUT2D eigenvalue weighted by atomic mass is 35.5. The standard InChI is InChI=1S/C27H27ClN2O4S/c1-33-21-15-22(34-2)20(14-19(21)28)29-26(31)24-17-10-5-6-11-18(17)27(32)30(16-8-3-4-9-16)25(24)23-12-7-13-35-23/h5-7,10-16,24-25H,3-4,8-9H2,1-2H3,(H,29,31)/t24-,25+/m1/s1. The summed E-state index contributed by atoms with van der Waals surface area (Å²) in [6.45, 7) is 0. The highest BCUT2D eigenvalue weighted by molar-refractivity contribution is 7.10. The van der Waals surface area contributed by atoms with Crippen LogP contribution in [0.25, 0.3) is 0 Å². The van der Waals surface area contributed by atoms with E-state index in [2.05, 4.69) is 5.32 Å². The molecular formula is C27H27ClN2O4S. The summed E-state index contributed by atoms with van der Waals surface area (Å²) in [7, 11) is 3.06. The van der Waals surface area contributed by atoms with Crippen LogP contribution in [0.15, 0.2) is 53.9 Å². The predicted octanol–water partition coefficient (Wildman–Crippen LogP) is 6.28. The zero-order chi connectivity index (χ0) is 24.5. The van der Waals surface area contributed by atoms with E-state index < -0.39 is 5.92 Å². The molecule has 8 heteroatoms. The maximum absolute atomic E-state index is 14.1. The second kappa shape index (κ2) is 9.91. The molecule has 2 amide bonds. The lowest BCUT2D eigenvalue weighted by atomic mass is 9.80. The van der Waals surface area contributed by atoms with Crippen molar-refractivity contribution in [2.45, 2.75) is 43.7 Å². The molecule has 6 nitrogen and oxygen atoms in total. The maximum atomic E-state index is 14.1. The van der Waals surface area contributed by atoms with Gasteiger partial charge >= 0.3 is 0 Å². The van der Waals surface area contributed by atoms with Gasteiger partial charge in [-0.3, -0.25) is 9.59 Å². The van der Waals surface area contributed by atoms with Gasteiger partial charge in [0, 0.05) is 22.5 Å². The molecule has 5 rings (SSSR count). The van der Waals surface area contributed by atoms with Gasteiger partial charge in [0.2, 0.25) is 5.91 Å². The zero-order valence-corrected chi connectivity index (χ0v) is 21.2. The molecule has 0 radical (unpaired) electrons. The number of anilines is 1. The van der Waals surface area contributed by atoms with Crippen LogP contribution in [0.2, 0.25) is 5.02 Å². The Balaban J connectivity index is 1.61. The van der Waals surface area contributed by atoms with Crippen LogP contribution >= 0.6 is 22.9 Å². The van der Waals surface area contributed by atoms with Crippen LogP contribution in [0.4, 0.5) is 5.69 Å². The Morgan fingerprint density at radius 3 is 2.49 bits per heavy atom. The number of carbonyl (C=O) groups excluding carboxylic acids is 2. The van der Waals surface area contributed by atoms with E-state index in [1.54, 1.807) is 23.5 Å². The lowest BCUT2D eigenvalue weighted by Crippen LogP contribution is -2.49. The summed E-state index contributed by atoms with van der Waals surface area (Å²) in [4.78, 5) is 30.8. The van der Waals surface area contributed by atoms with Crippen molar-refractivity contribution in [3.63, 3.8) is 0 Å². The number of fused-ring (bicyclic) bond motifs is 1. The third-order valence-corrected chi connectivity index (χ3v) is 8.18. The third-order valence-electron chi connectivity index (χ3n) is 6.94. The lowest BCUT2D eigenvalue weighted by molar-refractivity contribution is -0.119. The fraction of sp³-hybridized carbons (Fsp3) is 0.333. The van der Waals surface area contributed by atoms with Gasteiger partial charge in [-0.15, -0.1) is 11.3 Å². The normalized spacial score (nSPS) is 20.0. The molecule has 1 aromatic heterocycles. The number of rotatable bonds is 6. The molecule has 0 bridgehead atoms. The Kier molecular flexibility index (Phi) is 6.71. The van der Waals surface area contributed by atoms with Crippen LogP contribution in [0.5, 0.6) is 11.5 Å². The summed E-state index contributed by atoms with van der Waals surface area (Å²) < 4.78 is 10.8. The number of amides is 2. The molecule has 2 atom stereocenters. The topological polar surface area (TPSA) is 67.9 Å². The van der Waals surface area contributed by atoms with Gasteiger partial charge in [-0.25, -0.2) is 0 Å². The van der Waals surface area contributed by atoms with E-state index in [1.165, 1.54) is 14.2 Å². The van der Waals surface area contributed by atoms with Gasteiger partial charge in [0.15, 0.2) is 0 Å². The average molecular weight is 511 g/mol. The number of thiophene rings is 1. The van der Waals surface area contributed by atoms with E-state index in [9.17, 15) is 9.59 Å². The molecule has 1 saturated carbocycles. The molecule has 2 aromatic carbocycles. The predicted molar refractivity (Wildman–Crippen MR) is 138 cm³/mol. The molecule has 1 fully saturated rings. The largest absolute Gasteiger partial charge is 0.495 e. The van der Waals surface area contributed by atoms with Gasteiger partial charge in [-0.1, -0.05) is 48.7 Å². The molecule has 2 aliphatic rings. The van der Waals surface area contributed by atoms with Crippen molar-refractivity contribution in [3.05, 3.63) is 74.9 Å². The van der Waals surface area contributed by atoms with Crippen LogP contribution in [0.1, 0.15) is 58.4 Å². The Bertz CT molecular complexity index is 1240. The Hall–Kier alpha value is -3.03. The van der Waals surface area contributed by atoms with Crippen molar-refractivity contribution in [2.24, 2.45) is 0 Å². The maximum Gasteiger partial charge on any atom is 0.254 e. The summed E-state index contributed by atoms with van der Waals surface area (Å²) >= 11 is 7.94. The summed E-state index contributed by atoms with van der Waals surface area (Å²) in [5, 5.41) is 5.41. The van der Waals surface area contributed by atoms with E-state index in [0.29, 0.717) is 27.8 Å². The SMILES string of the molecule is COc1cc(OC)c(NC(=O)[C@@H]2c3ccccc3C(=O)N(C3CCCC3)[C@H]2c2cccs2)cc1Cl. The first kappa shape index (κ1) is 23.7. The molecule has 2 heterocycles. The second-order valence-electron chi connectivity index (χ2n) is 8.85. The zero-order valence-electron chi connectivity index (χ0n) is 19.6. The van der Waals surface area contributed by atoms with Crippen LogP contribution < -0.4 is 14.8 Å². The number of benzene rings is 2. The number of nitrogens with one attached hydrogen (secondary N) is 1. The first-order valence-corrected chi connectivity index (χ1v) is 13.0. The molecule has 1 N–H and O–H groups in total. The second-order valence-corrected chi connectivity index (χ2v) is 10.2. The fourth-order valence-corrected chi connectivity index (χ4v) is 6.45. The van der Waals surface area contributed by atoms with Crippen molar-refractivity contribution in [1.82, 2.24) is 4.90 Å². The van der Waals surface area contributed by atoms with Gasteiger partial charge in [0.25, 0.3) is 5.91 Å². The molecule has 1 aliphatic heterocycles. The summed E-state index contributed by atoms with van der Waals surface area (Å²) in [5.74, 6) is 0.0960. The van der Waals surface area contributed by atoms with Crippen molar-refractivity contribution in [1.29, 1.82) is 0 Å². The van der Waals surface area contributed by atoms with E-state index in [1.807, 2.05) is 46.7 Å². The Morgan fingerprint density at radius 1 is 1.06 bits per heavy atom. The van der Waals surface area contributed by atoms with E-state index in [0.717, 1.165) is 36.1 Å². The van der Waals surface area contributed by atoms with Gasteiger partial charge < -0.3 is 19.7 Å². The number of methoxy groups -OCH3 is 2. The summed E-state index contributed by atoms with van der Waals surface area (Å²) in [5.41, 5.74) is 1.78. The highest BCUT2D eigenvalue weighted by Crippen LogP contribution is 2.48. The highest BCUT2D eigenvalue weighted by Gasteiger charge is 2.47. The Labute approximate surface area is 213 Å². The van der Waals surface area contributed by atoms with Crippen LogP contribution in [-0.4, -0.2) is 37.0 Å². The smallest absolute Gasteiger partial charge is 0.254 e. The van der Waals surface area contributed by atoms with Gasteiger partial charge in [-0.05, 0) is 42.0 Å². The number of halogens is 1. The quantitative estimate of drug-likeness (QED) is 0.423. The van der Waals surface area contributed by atoms with Gasteiger partial charge in [0.1, 0.15) is 11.5 Å². The van der Waals surface area contributed by atoms with Crippen LogP contribution in [-0.2, 0) is 4.79 Å². The molecule has 1 aliphatic carbocycles. The van der Waals surface area contributed by atoms with Crippen LogP contribution in [0, 0.1) is 0 Å². The summed E-state index contributed by atoms with van der Waals surface area (Å²) in [6, 6.07) is 14.5. The first-order chi connectivity index (χ1) is 17.0. The molecule has 0 saturated heterocycles. The molecule has 3 aromatic rings.